The van der Waals surface area contributed by atoms with Crippen LogP contribution in [0.1, 0.15) is 42.1 Å². The average molecular weight is 431 g/mol. The maximum atomic E-state index is 13.2. The lowest BCUT2D eigenvalue weighted by Gasteiger charge is -2.42. The summed E-state index contributed by atoms with van der Waals surface area (Å²) in [6.45, 7) is 1.01. The lowest BCUT2D eigenvalue weighted by atomic mass is 9.83. The molecule has 0 radical (unpaired) electrons. The van der Waals surface area contributed by atoms with Crippen molar-refractivity contribution in [1.82, 2.24) is 19.9 Å². The van der Waals surface area contributed by atoms with Crippen LogP contribution in [0, 0.1) is 0 Å². The second-order valence-electron chi connectivity index (χ2n) is 8.31. The maximum absolute atomic E-state index is 13.2. The molecule has 2 aliphatic rings. The van der Waals surface area contributed by atoms with Gasteiger partial charge in [0.15, 0.2) is 0 Å². The van der Waals surface area contributed by atoms with Crippen molar-refractivity contribution in [2.75, 3.05) is 18.5 Å². The van der Waals surface area contributed by atoms with Crippen LogP contribution < -0.4 is 5.32 Å². The molecule has 3 unspecified atom stereocenters. The molecule has 1 aliphatic heterocycles. The Hall–Kier alpha value is -2.65. The molecule has 1 fully saturated rings. The van der Waals surface area contributed by atoms with Gasteiger partial charge in [0.1, 0.15) is 23.5 Å². The molecule has 164 valence electrons. The molecule has 5 rings (SSSR count). The third kappa shape index (κ3) is 3.65. The number of benzene rings is 1. The van der Waals surface area contributed by atoms with E-state index in [-0.39, 0.29) is 30.4 Å². The summed E-state index contributed by atoms with van der Waals surface area (Å²) in [4.78, 5) is 13.0. The number of hydrogen-bond donors (Lipinski definition) is 3. The van der Waals surface area contributed by atoms with E-state index in [0.29, 0.717) is 11.2 Å². The minimum atomic E-state index is -4.48. The van der Waals surface area contributed by atoms with E-state index < -0.39 is 11.9 Å². The van der Waals surface area contributed by atoms with Crippen molar-refractivity contribution in [2.45, 2.75) is 50.0 Å². The van der Waals surface area contributed by atoms with Crippen LogP contribution in [0.2, 0.25) is 0 Å². The molecule has 9 heteroatoms. The summed E-state index contributed by atoms with van der Waals surface area (Å²) >= 11 is 0. The van der Waals surface area contributed by atoms with Gasteiger partial charge in [-0.1, -0.05) is 24.3 Å². The number of likely N-dealkylation sites (tertiary alicyclic amines) is 1. The molecule has 0 amide bonds. The van der Waals surface area contributed by atoms with Gasteiger partial charge < -0.3 is 15.4 Å². The lowest BCUT2D eigenvalue weighted by Crippen LogP contribution is -2.48. The zero-order valence-corrected chi connectivity index (χ0v) is 16.9. The fourth-order valence-electron chi connectivity index (χ4n) is 5.12. The smallest absolute Gasteiger partial charge is 0.395 e. The fourth-order valence-corrected chi connectivity index (χ4v) is 5.12. The second kappa shape index (κ2) is 7.80. The first kappa shape index (κ1) is 20.3. The highest BCUT2D eigenvalue weighted by Gasteiger charge is 2.39. The van der Waals surface area contributed by atoms with E-state index in [1.165, 1.54) is 11.9 Å². The molecular formula is C22H24F3N5O. The number of fused-ring (bicyclic) bond motifs is 2. The van der Waals surface area contributed by atoms with Gasteiger partial charge in [0.05, 0.1) is 18.0 Å². The van der Waals surface area contributed by atoms with Crippen molar-refractivity contribution in [1.29, 1.82) is 0 Å². The predicted octanol–water partition coefficient (Wildman–Crippen LogP) is 3.90. The number of H-pyrrole nitrogens is 1. The number of hydrogen-bond acceptors (Lipinski definition) is 5. The number of aryl methyl sites for hydroxylation is 1. The third-order valence-electron chi connectivity index (χ3n) is 6.57. The number of rotatable bonds is 4. The van der Waals surface area contributed by atoms with Crippen LogP contribution >= 0.6 is 0 Å². The summed E-state index contributed by atoms with van der Waals surface area (Å²) in [5.74, 6) is 0.378. The van der Waals surface area contributed by atoms with Crippen LogP contribution in [0.3, 0.4) is 0 Å². The molecule has 2 aromatic heterocycles. The Morgan fingerprint density at radius 1 is 1.19 bits per heavy atom. The Kier molecular flexibility index (Phi) is 5.10. The molecule has 6 nitrogen and oxygen atoms in total. The second-order valence-corrected chi connectivity index (χ2v) is 8.31. The first-order chi connectivity index (χ1) is 15.0. The number of aromatic nitrogens is 3. The number of anilines is 1. The Morgan fingerprint density at radius 2 is 2.03 bits per heavy atom. The van der Waals surface area contributed by atoms with Crippen LogP contribution in [0.25, 0.3) is 11.0 Å². The topological polar surface area (TPSA) is 77.1 Å². The summed E-state index contributed by atoms with van der Waals surface area (Å²) in [6, 6.07) is 9.29. The number of aliphatic hydroxyl groups excluding tert-OH is 1. The SMILES string of the molecule is OCC1CCCN1C1CCc2ccccc2C1Nc1ncnc2[nH]c(C(F)(F)F)cc12. The van der Waals surface area contributed by atoms with Gasteiger partial charge in [0.2, 0.25) is 0 Å². The van der Waals surface area contributed by atoms with Gasteiger partial charge in [-0.05, 0) is 49.4 Å². The Morgan fingerprint density at radius 3 is 2.84 bits per heavy atom. The molecule has 31 heavy (non-hydrogen) atoms. The van der Waals surface area contributed by atoms with E-state index in [9.17, 15) is 18.3 Å². The fraction of sp³-hybridized carbons (Fsp3) is 0.455. The first-order valence-corrected chi connectivity index (χ1v) is 10.6. The molecule has 3 aromatic rings. The van der Waals surface area contributed by atoms with Crippen molar-refractivity contribution in [3.8, 4) is 0 Å². The van der Waals surface area contributed by atoms with E-state index in [0.717, 1.165) is 43.9 Å². The number of aliphatic hydroxyl groups is 1. The van der Waals surface area contributed by atoms with E-state index in [2.05, 4.69) is 37.3 Å². The molecule has 1 aliphatic carbocycles. The molecule has 3 atom stereocenters. The highest BCUT2D eigenvalue weighted by molar-refractivity contribution is 5.88. The highest BCUT2D eigenvalue weighted by atomic mass is 19.4. The van der Waals surface area contributed by atoms with Gasteiger partial charge in [0.25, 0.3) is 0 Å². The number of halogens is 3. The number of nitrogens with zero attached hydrogens (tertiary/aromatic N) is 3. The summed E-state index contributed by atoms with van der Waals surface area (Å²) in [7, 11) is 0. The van der Waals surface area contributed by atoms with E-state index in [1.54, 1.807) is 0 Å². The molecule has 0 saturated carbocycles. The number of alkyl halides is 3. The monoisotopic (exact) mass is 431 g/mol. The maximum Gasteiger partial charge on any atom is 0.431 e. The summed E-state index contributed by atoms with van der Waals surface area (Å²) in [5, 5.41) is 13.6. The van der Waals surface area contributed by atoms with Gasteiger partial charge in [-0.3, -0.25) is 4.90 Å². The third-order valence-corrected chi connectivity index (χ3v) is 6.57. The van der Waals surface area contributed by atoms with Crippen molar-refractivity contribution >= 4 is 16.9 Å². The first-order valence-electron chi connectivity index (χ1n) is 10.6. The molecule has 3 heterocycles. The van der Waals surface area contributed by atoms with Gasteiger partial charge in [-0.25, -0.2) is 9.97 Å². The molecule has 0 spiro atoms. The predicted molar refractivity (Wildman–Crippen MR) is 111 cm³/mol. The van der Waals surface area contributed by atoms with Gasteiger partial charge in [0, 0.05) is 12.1 Å². The van der Waals surface area contributed by atoms with Crippen LogP contribution in [0.4, 0.5) is 19.0 Å². The Labute approximate surface area is 177 Å². The van der Waals surface area contributed by atoms with E-state index in [1.807, 2.05) is 12.1 Å². The zero-order chi connectivity index (χ0) is 21.6. The molecule has 1 saturated heterocycles. The molecule has 1 aromatic carbocycles. The standard InChI is InChI=1S/C22H24F3N5O/c23-22(24,25)18-10-16-20(28-18)26-12-27-21(16)29-19-15-6-2-1-4-13(15)7-8-17(19)30-9-3-5-14(30)11-31/h1-2,4,6,10,12,14,17,19,31H,3,5,7-9,11H2,(H2,26,27,28,29). The average Bonchev–Trinajstić information content (AvgIpc) is 3.41. The summed E-state index contributed by atoms with van der Waals surface area (Å²) in [5.41, 5.74) is 1.67. The van der Waals surface area contributed by atoms with E-state index in [4.69, 9.17) is 0 Å². The van der Waals surface area contributed by atoms with Crippen LogP contribution in [-0.2, 0) is 12.6 Å². The minimum Gasteiger partial charge on any atom is -0.395 e. The van der Waals surface area contributed by atoms with Crippen molar-refractivity contribution in [2.24, 2.45) is 0 Å². The van der Waals surface area contributed by atoms with Crippen molar-refractivity contribution < 1.29 is 18.3 Å². The quantitative estimate of drug-likeness (QED) is 0.584. The summed E-state index contributed by atoms with van der Waals surface area (Å²) < 4.78 is 39.7. The molecule has 0 bridgehead atoms. The minimum absolute atomic E-state index is 0.106. The number of aromatic amines is 1. The van der Waals surface area contributed by atoms with Crippen LogP contribution in [-0.4, -0.2) is 50.2 Å². The van der Waals surface area contributed by atoms with Crippen LogP contribution in [0.15, 0.2) is 36.7 Å². The zero-order valence-electron chi connectivity index (χ0n) is 16.9. The van der Waals surface area contributed by atoms with Crippen molar-refractivity contribution in [3.63, 3.8) is 0 Å². The van der Waals surface area contributed by atoms with Crippen molar-refractivity contribution in [3.05, 3.63) is 53.5 Å². The highest BCUT2D eigenvalue weighted by Crippen LogP contribution is 2.39. The van der Waals surface area contributed by atoms with E-state index >= 15 is 0 Å². The normalized spacial score (nSPS) is 24.5. The van der Waals surface area contributed by atoms with Gasteiger partial charge in [-0.15, -0.1) is 0 Å². The lowest BCUT2D eigenvalue weighted by molar-refractivity contribution is -0.140. The molecule has 3 N–H and O–H groups in total. The van der Waals surface area contributed by atoms with Crippen LogP contribution in [0.5, 0.6) is 0 Å². The van der Waals surface area contributed by atoms with Gasteiger partial charge >= 0.3 is 6.18 Å². The summed E-state index contributed by atoms with van der Waals surface area (Å²) in [6.07, 6.45) is 0.599. The Balaban J connectivity index is 1.55. The molecular weight excluding hydrogens is 407 g/mol. The Bertz CT molecular complexity index is 1080. The van der Waals surface area contributed by atoms with Gasteiger partial charge in [-0.2, -0.15) is 13.2 Å². The number of nitrogens with one attached hydrogen (secondary N) is 2. The largest absolute Gasteiger partial charge is 0.431 e.